The van der Waals surface area contributed by atoms with Gasteiger partial charge >= 0.3 is 0 Å². The van der Waals surface area contributed by atoms with Gasteiger partial charge in [0.25, 0.3) is 20.2 Å². The van der Waals surface area contributed by atoms with E-state index in [9.17, 15) is 21.4 Å². The summed E-state index contributed by atoms with van der Waals surface area (Å²) in [7, 11) is -8.93. The van der Waals surface area contributed by atoms with Crippen LogP contribution in [0, 0.1) is 0 Å². The summed E-state index contributed by atoms with van der Waals surface area (Å²) < 4.78 is 70.1. The largest absolute Gasteiger partial charge is 0.457 e. The standard InChI is InChI=1S/C18H16N2O7S3/c19-15-7-4-13(10-16(15)20)28-17-8-3-12(9-18(17)30(24,25)26)27-11-1-5-14(6-2-11)29(21,22)23/h1-10H,19-20H2,(H,21,22,23)(H,24,25,26). The first kappa shape index (κ1) is 21.9. The minimum Gasteiger partial charge on any atom is -0.457 e. The Balaban J connectivity index is 1.92. The van der Waals surface area contributed by atoms with Crippen molar-refractivity contribution in [2.24, 2.45) is 0 Å². The van der Waals surface area contributed by atoms with Crippen LogP contribution in [-0.2, 0) is 20.2 Å². The number of benzene rings is 3. The molecule has 30 heavy (non-hydrogen) atoms. The highest BCUT2D eigenvalue weighted by Gasteiger charge is 2.18. The van der Waals surface area contributed by atoms with Gasteiger partial charge in [-0.15, -0.1) is 0 Å². The Morgan fingerprint density at radius 1 is 0.733 bits per heavy atom. The van der Waals surface area contributed by atoms with Gasteiger partial charge in [-0.1, -0.05) is 11.8 Å². The van der Waals surface area contributed by atoms with Gasteiger partial charge in [-0.05, 0) is 54.6 Å². The number of nitrogen functional groups attached to an aromatic ring is 2. The van der Waals surface area contributed by atoms with E-state index in [4.69, 9.17) is 20.8 Å². The Hall–Kier alpha value is -2.77. The van der Waals surface area contributed by atoms with Crippen molar-refractivity contribution in [3.05, 3.63) is 60.7 Å². The molecular formula is C18H16N2O7S3. The van der Waals surface area contributed by atoms with Gasteiger partial charge < -0.3 is 16.2 Å². The summed E-state index contributed by atoms with van der Waals surface area (Å²) in [4.78, 5) is 0.148. The van der Waals surface area contributed by atoms with Gasteiger partial charge in [0.1, 0.15) is 16.4 Å². The molecule has 0 radical (unpaired) electrons. The van der Waals surface area contributed by atoms with Crippen molar-refractivity contribution in [1.29, 1.82) is 0 Å². The quantitative estimate of drug-likeness (QED) is 0.311. The smallest absolute Gasteiger partial charge is 0.295 e. The molecule has 0 saturated heterocycles. The number of rotatable bonds is 6. The van der Waals surface area contributed by atoms with Gasteiger partial charge in [0.15, 0.2) is 0 Å². The van der Waals surface area contributed by atoms with Crippen molar-refractivity contribution in [3.8, 4) is 11.5 Å². The zero-order valence-corrected chi connectivity index (χ0v) is 17.5. The fraction of sp³-hybridized carbons (Fsp3) is 0. The average molecular weight is 469 g/mol. The van der Waals surface area contributed by atoms with Crippen molar-refractivity contribution in [3.63, 3.8) is 0 Å². The second-order valence-electron chi connectivity index (χ2n) is 6.02. The van der Waals surface area contributed by atoms with Crippen LogP contribution in [0.3, 0.4) is 0 Å². The average Bonchev–Trinajstić information content (AvgIpc) is 2.65. The summed E-state index contributed by atoms with van der Waals surface area (Å²) in [5.74, 6) is 0.277. The number of anilines is 2. The first-order valence-corrected chi connectivity index (χ1v) is 11.8. The molecule has 158 valence electrons. The molecule has 3 rings (SSSR count). The van der Waals surface area contributed by atoms with Crippen molar-refractivity contribution in [1.82, 2.24) is 0 Å². The van der Waals surface area contributed by atoms with Gasteiger partial charge in [-0.3, -0.25) is 9.11 Å². The van der Waals surface area contributed by atoms with Crippen LogP contribution in [0.2, 0.25) is 0 Å². The molecule has 0 aromatic heterocycles. The topological polar surface area (TPSA) is 170 Å². The van der Waals surface area contributed by atoms with Crippen LogP contribution in [-0.4, -0.2) is 25.9 Å². The zero-order chi connectivity index (χ0) is 22.1. The highest BCUT2D eigenvalue weighted by atomic mass is 32.2. The summed E-state index contributed by atoms with van der Waals surface area (Å²) in [5.41, 5.74) is 12.2. The molecule has 0 aliphatic heterocycles. The molecule has 6 N–H and O–H groups in total. The van der Waals surface area contributed by atoms with Crippen LogP contribution in [0.1, 0.15) is 0 Å². The molecule has 3 aromatic carbocycles. The molecule has 9 nitrogen and oxygen atoms in total. The Bertz CT molecular complexity index is 1310. The molecule has 3 aromatic rings. The van der Waals surface area contributed by atoms with Crippen LogP contribution in [0.5, 0.6) is 11.5 Å². The maximum Gasteiger partial charge on any atom is 0.295 e. The molecule has 0 amide bonds. The molecular weight excluding hydrogens is 452 g/mol. The van der Waals surface area contributed by atoms with E-state index < -0.39 is 20.2 Å². The highest BCUT2D eigenvalue weighted by molar-refractivity contribution is 8.00. The summed E-state index contributed by atoms with van der Waals surface area (Å²) in [6.07, 6.45) is 0. The van der Waals surface area contributed by atoms with Gasteiger partial charge in [-0.2, -0.15) is 16.8 Å². The van der Waals surface area contributed by atoms with Crippen molar-refractivity contribution < 1.29 is 30.7 Å². The van der Waals surface area contributed by atoms with E-state index in [1.165, 1.54) is 24.3 Å². The first-order valence-electron chi connectivity index (χ1n) is 8.13. The molecule has 0 fully saturated rings. The van der Waals surface area contributed by atoms with Crippen LogP contribution >= 0.6 is 11.8 Å². The van der Waals surface area contributed by atoms with Crippen LogP contribution in [0.15, 0.2) is 80.2 Å². The normalized spacial score (nSPS) is 11.9. The molecule has 0 bridgehead atoms. The summed E-state index contributed by atoms with van der Waals surface area (Å²) in [6.45, 7) is 0. The van der Waals surface area contributed by atoms with Crippen molar-refractivity contribution in [2.45, 2.75) is 19.6 Å². The second-order valence-corrected chi connectivity index (χ2v) is 9.95. The zero-order valence-electron chi connectivity index (χ0n) is 15.1. The lowest BCUT2D eigenvalue weighted by Crippen LogP contribution is -2.01. The Morgan fingerprint density at radius 3 is 1.93 bits per heavy atom. The number of hydrogen-bond acceptors (Lipinski definition) is 8. The lowest BCUT2D eigenvalue weighted by molar-refractivity contribution is 0.467. The maximum atomic E-state index is 11.9. The summed E-state index contributed by atoms with van der Waals surface area (Å²) in [6, 6.07) is 13.7. The van der Waals surface area contributed by atoms with E-state index in [1.807, 2.05) is 0 Å². The molecule has 0 saturated carbocycles. The minimum absolute atomic E-state index is 0.0865. The number of hydrogen-bond donors (Lipinski definition) is 4. The SMILES string of the molecule is Nc1ccc(Sc2ccc(Oc3ccc(S(=O)(=O)O)cc3)cc2S(=O)(=O)O)cc1N. The minimum atomic E-state index is -4.58. The van der Waals surface area contributed by atoms with Crippen molar-refractivity contribution in [2.75, 3.05) is 11.5 Å². The Labute approximate surface area is 177 Å². The third-order valence-electron chi connectivity index (χ3n) is 3.84. The third-order valence-corrected chi connectivity index (χ3v) is 6.79. The lowest BCUT2D eigenvalue weighted by Gasteiger charge is -2.11. The van der Waals surface area contributed by atoms with E-state index in [0.717, 1.165) is 30.0 Å². The predicted molar refractivity (Wildman–Crippen MR) is 112 cm³/mol. The van der Waals surface area contributed by atoms with Crippen LogP contribution in [0.4, 0.5) is 11.4 Å². The molecule has 12 heteroatoms. The Morgan fingerprint density at radius 2 is 1.37 bits per heavy atom. The van der Waals surface area contributed by atoms with Gasteiger partial charge in [-0.25, -0.2) is 0 Å². The van der Waals surface area contributed by atoms with Crippen LogP contribution < -0.4 is 16.2 Å². The van der Waals surface area contributed by atoms with Crippen molar-refractivity contribution >= 4 is 43.4 Å². The third kappa shape index (κ3) is 5.23. The number of nitrogens with two attached hydrogens (primary N) is 2. The van der Waals surface area contributed by atoms with Crippen LogP contribution in [0.25, 0.3) is 0 Å². The van der Waals surface area contributed by atoms with E-state index in [-0.39, 0.29) is 26.2 Å². The molecule has 0 unspecified atom stereocenters. The van der Waals surface area contributed by atoms with E-state index >= 15 is 0 Å². The predicted octanol–water partition coefficient (Wildman–Crippen LogP) is 3.29. The van der Waals surface area contributed by atoms with Gasteiger partial charge in [0.05, 0.1) is 16.3 Å². The van der Waals surface area contributed by atoms with E-state index in [2.05, 4.69) is 0 Å². The Kier molecular flexibility index (Phi) is 5.97. The molecule has 0 aliphatic rings. The molecule has 0 heterocycles. The highest BCUT2D eigenvalue weighted by Crippen LogP contribution is 2.37. The fourth-order valence-corrected chi connectivity index (χ4v) is 4.78. The fourth-order valence-electron chi connectivity index (χ4n) is 2.40. The molecule has 0 aliphatic carbocycles. The first-order chi connectivity index (χ1) is 13.9. The summed E-state index contributed by atoms with van der Waals surface area (Å²) >= 11 is 1.06. The lowest BCUT2D eigenvalue weighted by atomic mass is 10.3. The van der Waals surface area contributed by atoms with Gasteiger partial charge in [0.2, 0.25) is 0 Å². The van der Waals surface area contributed by atoms with E-state index in [0.29, 0.717) is 16.3 Å². The maximum absolute atomic E-state index is 11.9. The van der Waals surface area contributed by atoms with E-state index in [1.54, 1.807) is 18.2 Å². The second kappa shape index (κ2) is 8.16. The summed E-state index contributed by atoms with van der Waals surface area (Å²) in [5, 5.41) is 0. The monoisotopic (exact) mass is 468 g/mol. The molecule has 0 spiro atoms. The molecule has 0 atom stereocenters. The number of ether oxygens (including phenoxy) is 1. The van der Waals surface area contributed by atoms with Gasteiger partial charge in [0, 0.05) is 15.9 Å².